The molecule has 3 heteroatoms. The summed E-state index contributed by atoms with van der Waals surface area (Å²) in [6, 6.07) is 13.8. The van der Waals surface area contributed by atoms with Gasteiger partial charge in [0.1, 0.15) is 0 Å². The predicted molar refractivity (Wildman–Crippen MR) is 70.9 cm³/mol. The Morgan fingerprint density at radius 2 is 1.58 bits per heavy atom. The van der Waals surface area contributed by atoms with Gasteiger partial charge in [0.2, 0.25) is 0 Å². The first-order chi connectivity index (χ1) is 9.02. The maximum absolute atomic E-state index is 12.9. The number of aryl methyl sites for hydroxylation is 1. The maximum Gasteiger partial charge on any atom is 0.416 e. The molecule has 19 heavy (non-hydrogen) atoms. The van der Waals surface area contributed by atoms with E-state index in [4.69, 9.17) is 0 Å². The van der Waals surface area contributed by atoms with E-state index in [0.717, 1.165) is 11.1 Å². The lowest BCUT2D eigenvalue weighted by Gasteiger charge is -2.14. The Bertz CT molecular complexity index is 542. The molecule has 0 aliphatic carbocycles. The summed E-state index contributed by atoms with van der Waals surface area (Å²) >= 11 is 0. The van der Waals surface area contributed by atoms with Gasteiger partial charge < -0.3 is 0 Å². The molecule has 0 saturated heterocycles. The molecule has 0 unspecified atom stereocenters. The summed E-state index contributed by atoms with van der Waals surface area (Å²) < 4.78 is 38.7. The van der Waals surface area contributed by atoms with E-state index in [0.29, 0.717) is 18.4 Å². The zero-order chi connectivity index (χ0) is 13.9. The first-order valence-corrected chi connectivity index (χ1v) is 6.28. The molecule has 0 bridgehead atoms. The van der Waals surface area contributed by atoms with Crippen molar-refractivity contribution in [3.63, 3.8) is 0 Å². The van der Waals surface area contributed by atoms with Crippen LogP contribution < -0.4 is 0 Å². The third kappa shape index (κ3) is 3.16. The topological polar surface area (TPSA) is 0 Å². The number of halogens is 3. The molecular weight excluding hydrogens is 249 g/mol. The van der Waals surface area contributed by atoms with Crippen LogP contribution in [0.15, 0.2) is 48.5 Å². The first kappa shape index (κ1) is 13.7. The second kappa shape index (κ2) is 5.47. The van der Waals surface area contributed by atoms with Gasteiger partial charge in [0.25, 0.3) is 0 Å². The molecule has 0 spiro atoms. The Kier molecular flexibility index (Phi) is 3.93. The third-order valence-electron chi connectivity index (χ3n) is 3.04. The van der Waals surface area contributed by atoms with Crippen LogP contribution in [0.2, 0.25) is 0 Å². The van der Waals surface area contributed by atoms with E-state index in [9.17, 15) is 13.2 Å². The first-order valence-electron chi connectivity index (χ1n) is 6.28. The largest absolute Gasteiger partial charge is 0.416 e. The van der Waals surface area contributed by atoms with E-state index in [1.807, 2.05) is 37.3 Å². The average Bonchev–Trinajstić information content (AvgIpc) is 2.39. The molecular formula is C16H15F3. The van der Waals surface area contributed by atoms with Crippen LogP contribution in [-0.2, 0) is 12.6 Å². The van der Waals surface area contributed by atoms with Crippen LogP contribution in [0.3, 0.4) is 0 Å². The average molecular weight is 264 g/mol. The molecule has 0 atom stereocenters. The Balaban J connectivity index is 2.48. The molecule has 2 aromatic carbocycles. The van der Waals surface area contributed by atoms with Gasteiger partial charge >= 0.3 is 6.18 Å². The van der Waals surface area contributed by atoms with Crippen molar-refractivity contribution in [1.29, 1.82) is 0 Å². The zero-order valence-electron chi connectivity index (χ0n) is 10.7. The van der Waals surface area contributed by atoms with E-state index < -0.39 is 11.7 Å². The van der Waals surface area contributed by atoms with Crippen LogP contribution >= 0.6 is 0 Å². The molecule has 0 radical (unpaired) electrons. The summed E-state index contributed by atoms with van der Waals surface area (Å²) in [4.78, 5) is 0. The van der Waals surface area contributed by atoms with Gasteiger partial charge in [-0.1, -0.05) is 55.8 Å². The van der Waals surface area contributed by atoms with E-state index >= 15 is 0 Å². The van der Waals surface area contributed by atoms with Gasteiger partial charge in [-0.05, 0) is 29.2 Å². The molecule has 0 aromatic heterocycles. The van der Waals surface area contributed by atoms with Crippen molar-refractivity contribution < 1.29 is 13.2 Å². The Hall–Kier alpha value is -1.77. The summed E-state index contributed by atoms with van der Waals surface area (Å²) in [6.07, 6.45) is -3.14. The number of alkyl halides is 3. The monoisotopic (exact) mass is 264 g/mol. The van der Waals surface area contributed by atoms with Crippen LogP contribution in [0.5, 0.6) is 0 Å². The van der Waals surface area contributed by atoms with Gasteiger partial charge in [-0.25, -0.2) is 0 Å². The van der Waals surface area contributed by atoms with Gasteiger partial charge in [0.05, 0.1) is 5.56 Å². The lowest BCUT2D eigenvalue weighted by molar-refractivity contribution is -0.138. The highest BCUT2D eigenvalue weighted by Gasteiger charge is 2.32. The normalized spacial score (nSPS) is 11.6. The lowest BCUT2D eigenvalue weighted by Crippen LogP contribution is -2.09. The zero-order valence-corrected chi connectivity index (χ0v) is 10.7. The molecule has 0 saturated carbocycles. The molecule has 0 amide bonds. The Labute approximate surface area is 110 Å². The quantitative estimate of drug-likeness (QED) is 0.703. The van der Waals surface area contributed by atoms with Crippen LogP contribution in [0.4, 0.5) is 13.2 Å². The molecule has 0 nitrogen and oxygen atoms in total. The highest BCUT2D eigenvalue weighted by Crippen LogP contribution is 2.34. The molecule has 100 valence electrons. The number of hydrogen-bond donors (Lipinski definition) is 0. The molecule has 0 aliphatic heterocycles. The number of benzene rings is 2. The standard InChI is InChI=1S/C16H15F3/c1-2-6-14-11-13(12-7-4-3-5-8-12)9-10-15(14)16(17,18)19/h3-5,7-11H,2,6H2,1H3. The Morgan fingerprint density at radius 3 is 2.16 bits per heavy atom. The van der Waals surface area contributed by atoms with Crippen LogP contribution in [0.1, 0.15) is 24.5 Å². The summed E-state index contributed by atoms with van der Waals surface area (Å²) in [5, 5.41) is 0. The molecule has 0 fully saturated rings. The van der Waals surface area contributed by atoms with E-state index in [2.05, 4.69) is 0 Å². The van der Waals surface area contributed by atoms with Crippen molar-refractivity contribution in [1.82, 2.24) is 0 Å². The Morgan fingerprint density at radius 1 is 0.895 bits per heavy atom. The van der Waals surface area contributed by atoms with Crippen molar-refractivity contribution >= 4 is 0 Å². The van der Waals surface area contributed by atoms with Crippen molar-refractivity contribution in [2.45, 2.75) is 25.9 Å². The molecule has 2 rings (SSSR count). The van der Waals surface area contributed by atoms with Gasteiger partial charge in [0, 0.05) is 0 Å². The molecule has 2 aromatic rings. The highest BCUT2D eigenvalue weighted by atomic mass is 19.4. The summed E-state index contributed by atoms with van der Waals surface area (Å²) in [6.45, 7) is 1.88. The van der Waals surface area contributed by atoms with Gasteiger partial charge in [-0.15, -0.1) is 0 Å². The molecule has 0 N–H and O–H groups in total. The maximum atomic E-state index is 12.9. The minimum absolute atomic E-state index is 0.372. The fourth-order valence-corrected chi connectivity index (χ4v) is 2.16. The summed E-state index contributed by atoms with van der Waals surface area (Å²) in [7, 11) is 0. The van der Waals surface area contributed by atoms with Crippen molar-refractivity contribution in [3.8, 4) is 11.1 Å². The van der Waals surface area contributed by atoms with E-state index in [1.54, 1.807) is 6.07 Å². The summed E-state index contributed by atoms with van der Waals surface area (Å²) in [5.41, 5.74) is 1.62. The van der Waals surface area contributed by atoms with Crippen molar-refractivity contribution in [3.05, 3.63) is 59.7 Å². The number of hydrogen-bond acceptors (Lipinski definition) is 0. The summed E-state index contributed by atoms with van der Waals surface area (Å²) in [5.74, 6) is 0. The van der Waals surface area contributed by atoms with E-state index in [-0.39, 0.29) is 0 Å². The highest BCUT2D eigenvalue weighted by molar-refractivity contribution is 5.65. The second-order valence-corrected chi connectivity index (χ2v) is 4.49. The van der Waals surface area contributed by atoms with Crippen LogP contribution in [-0.4, -0.2) is 0 Å². The molecule has 0 aliphatic rings. The van der Waals surface area contributed by atoms with Crippen LogP contribution in [0.25, 0.3) is 11.1 Å². The fraction of sp³-hybridized carbons (Fsp3) is 0.250. The van der Waals surface area contributed by atoms with E-state index in [1.165, 1.54) is 12.1 Å². The lowest BCUT2D eigenvalue weighted by atomic mass is 9.96. The molecule has 0 heterocycles. The van der Waals surface area contributed by atoms with Gasteiger partial charge in [-0.2, -0.15) is 13.2 Å². The van der Waals surface area contributed by atoms with Crippen molar-refractivity contribution in [2.24, 2.45) is 0 Å². The number of rotatable bonds is 3. The SMILES string of the molecule is CCCc1cc(-c2ccccc2)ccc1C(F)(F)F. The van der Waals surface area contributed by atoms with Crippen LogP contribution in [0, 0.1) is 0 Å². The second-order valence-electron chi connectivity index (χ2n) is 4.49. The smallest absolute Gasteiger partial charge is 0.166 e. The van der Waals surface area contributed by atoms with Gasteiger partial charge in [0.15, 0.2) is 0 Å². The predicted octanol–water partition coefficient (Wildman–Crippen LogP) is 5.32. The van der Waals surface area contributed by atoms with Crippen molar-refractivity contribution in [2.75, 3.05) is 0 Å². The fourth-order valence-electron chi connectivity index (χ4n) is 2.16. The van der Waals surface area contributed by atoms with Gasteiger partial charge in [-0.3, -0.25) is 0 Å². The minimum atomic E-state index is -4.28. The third-order valence-corrected chi connectivity index (χ3v) is 3.04. The minimum Gasteiger partial charge on any atom is -0.166 e.